The van der Waals surface area contributed by atoms with Gasteiger partial charge in [-0.3, -0.25) is 9.59 Å². The Morgan fingerprint density at radius 1 is 0.967 bits per heavy atom. The number of ether oxygens (including phenoxy) is 2. The summed E-state index contributed by atoms with van der Waals surface area (Å²) in [5.74, 6) is -1.51. The zero-order valence-corrected chi connectivity index (χ0v) is 15.8. The summed E-state index contributed by atoms with van der Waals surface area (Å²) in [6.45, 7) is 0.140. The maximum atomic E-state index is 13.5. The maximum absolute atomic E-state index is 13.5. The summed E-state index contributed by atoms with van der Waals surface area (Å²) in [6, 6.07) is 14.5. The molecule has 0 saturated heterocycles. The second-order valence-corrected chi connectivity index (χ2v) is 6.20. The van der Waals surface area contributed by atoms with Gasteiger partial charge in [0, 0.05) is 31.3 Å². The molecule has 0 aliphatic heterocycles. The molecule has 8 heteroatoms. The third kappa shape index (κ3) is 6.10. The van der Waals surface area contributed by atoms with E-state index in [9.17, 15) is 18.4 Å². The molecule has 1 N–H and O–H groups in total. The summed E-state index contributed by atoms with van der Waals surface area (Å²) in [4.78, 5) is 27.8. The summed E-state index contributed by atoms with van der Waals surface area (Å²) in [7, 11) is 0. The molecule has 3 rings (SSSR count). The fourth-order valence-corrected chi connectivity index (χ4v) is 2.49. The van der Waals surface area contributed by atoms with Crippen molar-refractivity contribution in [1.82, 2.24) is 10.3 Å². The van der Waals surface area contributed by atoms with Crippen LogP contribution in [0.2, 0.25) is 0 Å². The van der Waals surface area contributed by atoms with E-state index in [4.69, 9.17) is 9.47 Å². The summed E-state index contributed by atoms with van der Waals surface area (Å²) in [5.41, 5.74) is -0.257. The van der Waals surface area contributed by atoms with Crippen LogP contribution in [0.5, 0.6) is 17.4 Å². The summed E-state index contributed by atoms with van der Waals surface area (Å²) >= 11 is 0. The second kappa shape index (κ2) is 10.1. The Morgan fingerprint density at radius 2 is 1.73 bits per heavy atom. The number of nitrogens with one attached hydrogen (secondary N) is 1. The van der Waals surface area contributed by atoms with Crippen LogP contribution in [0.1, 0.15) is 23.2 Å². The number of rotatable bonds is 8. The number of esters is 1. The molecule has 1 amide bonds. The Bertz CT molecular complexity index is 1010. The molecule has 6 nitrogen and oxygen atoms in total. The smallest absolute Gasteiger partial charge is 0.311 e. The van der Waals surface area contributed by atoms with Gasteiger partial charge in [-0.05, 0) is 48.9 Å². The molecule has 3 aromatic rings. The van der Waals surface area contributed by atoms with Crippen LogP contribution in [-0.4, -0.2) is 23.4 Å². The van der Waals surface area contributed by atoms with E-state index in [0.29, 0.717) is 29.9 Å². The molecule has 154 valence electrons. The van der Waals surface area contributed by atoms with E-state index in [1.54, 1.807) is 48.7 Å². The quantitative estimate of drug-likeness (QED) is 0.340. The van der Waals surface area contributed by atoms with Crippen LogP contribution in [0.25, 0.3) is 0 Å². The molecule has 1 heterocycles. The number of halogens is 2. The van der Waals surface area contributed by atoms with E-state index in [0.717, 1.165) is 12.1 Å². The van der Waals surface area contributed by atoms with E-state index in [1.807, 2.05) is 0 Å². The van der Waals surface area contributed by atoms with Gasteiger partial charge >= 0.3 is 5.97 Å². The highest BCUT2D eigenvalue weighted by molar-refractivity contribution is 5.94. The zero-order chi connectivity index (χ0) is 21.3. The molecule has 0 spiro atoms. The zero-order valence-electron chi connectivity index (χ0n) is 15.8. The average molecular weight is 412 g/mol. The van der Waals surface area contributed by atoms with Gasteiger partial charge in [0.1, 0.15) is 23.1 Å². The van der Waals surface area contributed by atoms with Gasteiger partial charge in [0.2, 0.25) is 5.88 Å². The van der Waals surface area contributed by atoms with Crippen LogP contribution in [0.3, 0.4) is 0 Å². The number of carbonyl (C=O) groups excluding carboxylic acids is 2. The van der Waals surface area contributed by atoms with Gasteiger partial charge < -0.3 is 14.8 Å². The van der Waals surface area contributed by atoms with Gasteiger partial charge in [-0.15, -0.1) is 0 Å². The van der Waals surface area contributed by atoms with Crippen LogP contribution in [0.4, 0.5) is 8.78 Å². The number of carbonyl (C=O) groups is 2. The Balaban J connectivity index is 1.39. The minimum absolute atomic E-state index is 0.0539. The van der Waals surface area contributed by atoms with Crippen molar-refractivity contribution in [3.63, 3.8) is 0 Å². The van der Waals surface area contributed by atoms with E-state index < -0.39 is 23.5 Å². The monoisotopic (exact) mass is 412 g/mol. The van der Waals surface area contributed by atoms with Crippen molar-refractivity contribution in [3.8, 4) is 17.4 Å². The van der Waals surface area contributed by atoms with Gasteiger partial charge in [0.05, 0.1) is 5.56 Å². The molecule has 2 aromatic carbocycles. The van der Waals surface area contributed by atoms with Crippen LogP contribution >= 0.6 is 0 Å². The number of benzene rings is 2. The van der Waals surface area contributed by atoms with Gasteiger partial charge in [-0.25, -0.2) is 13.8 Å². The van der Waals surface area contributed by atoms with Crippen molar-refractivity contribution in [2.24, 2.45) is 0 Å². The predicted octanol–water partition coefficient (Wildman–Crippen LogP) is 4.27. The highest BCUT2D eigenvalue weighted by atomic mass is 19.1. The molecule has 0 aliphatic rings. The predicted molar refractivity (Wildman–Crippen MR) is 104 cm³/mol. The standard InChI is InChI=1S/C22H18F2N2O4/c23-15-6-11-18(19(24)14-15)22(28)26-13-3-5-21(27)30-17-9-7-16(8-10-17)29-20-4-1-2-12-25-20/h1-2,4,6-12,14H,3,5,13H2,(H,26,28). The Hall–Kier alpha value is -3.81. The van der Waals surface area contributed by atoms with Gasteiger partial charge in [-0.2, -0.15) is 0 Å². The molecule has 0 fully saturated rings. The summed E-state index contributed by atoms with van der Waals surface area (Å²) in [5, 5.41) is 2.48. The number of aromatic nitrogens is 1. The normalized spacial score (nSPS) is 10.3. The van der Waals surface area contributed by atoms with Crippen LogP contribution in [0.15, 0.2) is 66.9 Å². The van der Waals surface area contributed by atoms with Crippen LogP contribution < -0.4 is 14.8 Å². The summed E-state index contributed by atoms with van der Waals surface area (Å²) < 4.78 is 37.2. The molecular formula is C22H18F2N2O4. The fraction of sp³-hybridized carbons (Fsp3) is 0.136. The highest BCUT2D eigenvalue weighted by Crippen LogP contribution is 2.22. The second-order valence-electron chi connectivity index (χ2n) is 6.20. The van der Waals surface area contributed by atoms with Crippen molar-refractivity contribution in [3.05, 3.63) is 84.1 Å². The molecule has 0 atom stereocenters. The molecular weight excluding hydrogens is 394 g/mol. The van der Waals surface area contributed by atoms with Crippen molar-refractivity contribution < 1.29 is 27.8 Å². The molecule has 0 radical (unpaired) electrons. The van der Waals surface area contributed by atoms with Gasteiger partial charge in [0.15, 0.2) is 0 Å². The first-order valence-corrected chi connectivity index (χ1v) is 9.14. The number of pyridine rings is 1. The van der Waals surface area contributed by atoms with Crippen molar-refractivity contribution in [2.75, 3.05) is 6.54 Å². The van der Waals surface area contributed by atoms with Crippen molar-refractivity contribution in [2.45, 2.75) is 12.8 Å². The molecule has 30 heavy (non-hydrogen) atoms. The number of hydrogen-bond donors (Lipinski definition) is 1. The first kappa shape index (κ1) is 20.9. The molecule has 1 aromatic heterocycles. The van der Waals surface area contributed by atoms with E-state index in [2.05, 4.69) is 10.3 Å². The van der Waals surface area contributed by atoms with Crippen molar-refractivity contribution >= 4 is 11.9 Å². The lowest BCUT2D eigenvalue weighted by molar-refractivity contribution is -0.134. The molecule has 0 unspecified atom stereocenters. The molecule has 0 bridgehead atoms. The third-order valence-electron chi connectivity index (χ3n) is 3.93. The van der Waals surface area contributed by atoms with E-state index >= 15 is 0 Å². The Morgan fingerprint density at radius 3 is 2.43 bits per heavy atom. The Kier molecular flexibility index (Phi) is 7.05. The van der Waals surface area contributed by atoms with Crippen molar-refractivity contribution in [1.29, 1.82) is 0 Å². The topological polar surface area (TPSA) is 77.5 Å². The SMILES string of the molecule is O=C(CCCNC(=O)c1ccc(F)cc1F)Oc1ccc(Oc2ccccn2)cc1. The minimum atomic E-state index is -0.942. The first-order chi connectivity index (χ1) is 14.5. The summed E-state index contributed by atoms with van der Waals surface area (Å²) in [6.07, 6.45) is 1.97. The molecule has 0 aliphatic carbocycles. The number of amides is 1. The lowest BCUT2D eigenvalue weighted by Gasteiger charge is -2.08. The minimum Gasteiger partial charge on any atom is -0.439 e. The fourth-order valence-electron chi connectivity index (χ4n) is 2.49. The van der Waals surface area contributed by atoms with Crippen LogP contribution in [0, 0.1) is 11.6 Å². The Labute approximate surface area is 171 Å². The lowest BCUT2D eigenvalue weighted by atomic mass is 10.2. The van der Waals surface area contributed by atoms with Gasteiger partial charge in [0.25, 0.3) is 5.91 Å². The lowest BCUT2D eigenvalue weighted by Crippen LogP contribution is -2.26. The first-order valence-electron chi connectivity index (χ1n) is 9.14. The average Bonchev–Trinajstić information content (AvgIpc) is 2.73. The largest absolute Gasteiger partial charge is 0.439 e. The van der Waals surface area contributed by atoms with E-state index in [-0.39, 0.29) is 18.5 Å². The number of hydrogen-bond acceptors (Lipinski definition) is 5. The van der Waals surface area contributed by atoms with Gasteiger partial charge in [-0.1, -0.05) is 6.07 Å². The maximum Gasteiger partial charge on any atom is 0.311 e. The molecule has 0 saturated carbocycles. The number of nitrogens with zero attached hydrogens (tertiary/aromatic N) is 1. The highest BCUT2D eigenvalue weighted by Gasteiger charge is 2.12. The van der Waals surface area contributed by atoms with E-state index in [1.165, 1.54) is 0 Å². The third-order valence-corrected chi connectivity index (χ3v) is 3.93. The van der Waals surface area contributed by atoms with Crippen LogP contribution in [-0.2, 0) is 4.79 Å².